The summed E-state index contributed by atoms with van der Waals surface area (Å²) < 4.78 is 23.1. The molecule has 0 aromatic heterocycles. The van der Waals surface area contributed by atoms with E-state index >= 15 is 0 Å². The average molecular weight is 254 g/mol. The predicted molar refractivity (Wildman–Crippen MR) is 72.2 cm³/mol. The number of hydrogen-bond donors (Lipinski definition) is 0. The normalized spacial score (nSPS) is 12.4. The minimum absolute atomic E-state index is 0.428. The van der Waals surface area contributed by atoms with E-state index < -0.39 is 9.84 Å². The standard InChI is InChI=1S/C14H22O2S/c1-10(2)8-12-9-13(17(5,15)16)6-7-14(12)11(3)4/h6-7,9-11H,8H2,1-5H3. The third-order valence-electron chi connectivity index (χ3n) is 2.79. The van der Waals surface area contributed by atoms with E-state index in [-0.39, 0.29) is 0 Å². The Morgan fingerprint density at radius 1 is 1.12 bits per heavy atom. The summed E-state index contributed by atoms with van der Waals surface area (Å²) in [5.41, 5.74) is 2.42. The third-order valence-corrected chi connectivity index (χ3v) is 3.90. The molecule has 0 radical (unpaired) electrons. The van der Waals surface area contributed by atoms with Gasteiger partial charge in [0.25, 0.3) is 0 Å². The molecule has 0 aliphatic carbocycles. The van der Waals surface area contributed by atoms with Crippen LogP contribution < -0.4 is 0 Å². The molecule has 0 fully saturated rings. The van der Waals surface area contributed by atoms with Gasteiger partial charge in [-0.25, -0.2) is 8.42 Å². The minimum Gasteiger partial charge on any atom is -0.224 e. The highest BCUT2D eigenvalue weighted by Crippen LogP contribution is 2.25. The summed E-state index contributed by atoms with van der Waals surface area (Å²) in [5.74, 6) is 0.958. The summed E-state index contributed by atoms with van der Waals surface area (Å²) >= 11 is 0. The van der Waals surface area contributed by atoms with Crippen molar-refractivity contribution in [2.45, 2.75) is 44.9 Å². The lowest BCUT2D eigenvalue weighted by atomic mass is 9.92. The van der Waals surface area contributed by atoms with Crippen molar-refractivity contribution in [1.82, 2.24) is 0 Å². The Bertz CT molecular complexity index is 485. The van der Waals surface area contributed by atoms with Gasteiger partial charge in [0, 0.05) is 6.26 Å². The molecule has 0 bridgehead atoms. The van der Waals surface area contributed by atoms with E-state index in [4.69, 9.17) is 0 Å². The van der Waals surface area contributed by atoms with E-state index in [2.05, 4.69) is 27.7 Å². The molecule has 0 saturated heterocycles. The zero-order valence-electron chi connectivity index (χ0n) is 11.3. The lowest BCUT2D eigenvalue weighted by Gasteiger charge is -2.15. The Morgan fingerprint density at radius 2 is 1.71 bits per heavy atom. The smallest absolute Gasteiger partial charge is 0.175 e. The van der Waals surface area contributed by atoms with E-state index in [1.54, 1.807) is 6.07 Å². The van der Waals surface area contributed by atoms with Crippen molar-refractivity contribution in [2.75, 3.05) is 6.26 Å². The van der Waals surface area contributed by atoms with Crippen LogP contribution in [-0.2, 0) is 16.3 Å². The first-order valence-corrected chi connectivity index (χ1v) is 7.94. The molecule has 0 atom stereocenters. The van der Waals surface area contributed by atoms with Gasteiger partial charge in [0.2, 0.25) is 0 Å². The van der Waals surface area contributed by atoms with Crippen molar-refractivity contribution < 1.29 is 8.42 Å². The monoisotopic (exact) mass is 254 g/mol. The molecule has 0 aliphatic heterocycles. The minimum atomic E-state index is -3.10. The summed E-state index contributed by atoms with van der Waals surface area (Å²) in [7, 11) is -3.10. The SMILES string of the molecule is CC(C)Cc1cc(S(C)(=O)=O)ccc1C(C)C. The highest BCUT2D eigenvalue weighted by molar-refractivity contribution is 7.90. The summed E-state index contributed by atoms with van der Waals surface area (Å²) in [6.45, 7) is 8.58. The average Bonchev–Trinajstić information content (AvgIpc) is 2.14. The van der Waals surface area contributed by atoms with Crippen molar-refractivity contribution in [2.24, 2.45) is 5.92 Å². The second-order valence-electron chi connectivity index (χ2n) is 5.39. The van der Waals surface area contributed by atoms with Gasteiger partial charge in [-0.15, -0.1) is 0 Å². The molecule has 3 heteroatoms. The highest BCUT2D eigenvalue weighted by Gasteiger charge is 2.13. The second-order valence-corrected chi connectivity index (χ2v) is 7.40. The zero-order chi connectivity index (χ0) is 13.2. The Morgan fingerprint density at radius 3 is 2.12 bits per heavy atom. The Balaban J connectivity index is 3.29. The van der Waals surface area contributed by atoms with Gasteiger partial charge in [0.1, 0.15) is 0 Å². The van der Waals surface area contributed by atoms with Gasteiger partial charge in [-0.05, 0) is 41.5 Å². The molecular weight excluding hydrogens is 232 g/mol. The van der Waals surface area contributed by atoms with Gasteiger partial charge >= 0.3 is 0 Å². The molecule has 2 nitrogen and oxygen atoms in total. The largest absolute Gasteiger partial charge is 0.224 e. The first-order chi connectivity index (χ1) is 7.71. The highest BCUT2D eigenvalue weighted by atomic mass is 32.2. The van der Waals surface area contributed by atoms with Crippen LogP contribution in [0.15, 0.2) is 23.1 Å². The van der Waals surface area contributed by atoms with Crippen molar-refractivity contribution >= 4 is 9.84 Å². The first-order valence-electron chi connectivity index (χ1n) is 6.04. The van der Waals surface area contributed by atoms with Crippen LogP contribution in [0.4, 0.5) is 0 Å². The van der Waals surface area contributed by atoms with E-state index in [0.29, 0.717) is 16.7 Å². The fraction of sp³-hybridized carbons (Fsp3) is 0.571. The quantitative estimate of drug-likeness (QED) is 0.825. The van der Waals surface area contributed by atoms with Gasteiger partial charge in [-0.3, -0.25) is 0 Å². The van der Waals surface area contributed by atoms with Crippen LogP contribution in [0.1, 0.15) is 44.7 Å². The molecule has 1 rings (SSSR count). The van der Waals surface area contributed by atoms with Crippen molar-refractivity contribution in [3.05, 3.63) is 29.3 Å². The molecule has 0 aliphatic rings. The van der Waals surface area contributed by atoms with E-state index in [1.165, 1.54) is 11.8 Å². The molecule has 17 heavy (non-hydrogen) atoms. The zero-order valence-corrected chi connectivity index (χ0v) is 12.1. The first kappa shape index (κ1) is 14.2. The summed E-state index contributed by atoms with van der Waals surface area (Å²) in [6, 6.07) is 5.51. The van der Waals surface area contributed by atoms with Gasteiger partial charge < -0.3 is 0 Å². The van der Waals surface area contributed by atoms with Crippen LogP contribution in [0, 0.1) is 5.92 Å². The van der Waals surface area contributed by atoms with Crippen LogP contribution in [-0.4, -0.2) is 14.7 Å². The molecule has 0 heterocycles. The molecule has 1 aromatic rings. The van der Waals surface area contributed by atoms with Crippen LogP contribution in [0.25, 0.3) is 0 Å². The number of benzene rings is 1. The van der Waals surface area contributed by atoms with Gasteiger partial charge in [-0.2, -0.15) is 0 Å². The Labute approximate surface area is 105 Å². The van der Waals surface area contributed by atoms with Crippen molar-refractivity contribution in [3.8, 4) is 0 Å². The Hall–Kier alpha value is -0.830. The van der Waals surface area contributed by atoms with E-state index in [9.17, 15) is 8.42 Å². The second kappa shape index (κ2) is 5.21. The fourth-order valence-corrected chi connectivity index (χ4v) is 2.66. The summed E-state index contributed by atoms with van der Waals surface area (Å²) in [5, 5.41) is 0. The maximum Gasteiger partial charge on any atom is 0.175 e. The number of sulfone groups is 1. The van der Waals surface area contributed by atoms with Gasteiger partial charge in [-0.1, -0.05) is 33.8 Å². The van der Waals surface area contributed by atoms with E-state index in [0.717, 1.165) is 12.0 Å². The molecule has 0 saturated carbocycles. The van der Waals surface area contributed by atoms with E-state index in [1.807, 2.05) is 12.1 Å². The van der Waals surface area contributed by atoms with Crippen molar-refractivity contribution in [1.29, 1.82) is 0 Å². The molecule has 0 N–H and O–H groups in total. The molecule has 0 unspecified atom stereocenters. The van der Waals surface area contributed by atoms with Crippen LogP contribution in [0.5, 0.6) is 0 Å². The lowest BCUT2D eigenvalue weighted by molar-refractivity contribution is 0.600. The van der Waals surface area contributed by atoms with Gasteiger partial charge in [0.15, 0.2) is 9.84 Å². The lowest BCUT2D eigenvalue weighted by Crippen LogP contribution is -2.05. The number of hydrogen-bond acceptors (Lipinski definition) is 2. The number of rotatable bonds is 4. The fourth-order valence-electron chi connectivity index (χ4n) is 1.99. The van der Waals surface area contributed by atoms with Gasteiger partial charge in [0.05, 0.1) is 4.90 Å². The molecule has 96 valence electrons. The molecule has 1 aromatic carbocycles. The van der Waals surface area contributed by atoms with Crippen LogP contribution in [0.2, 0.25) is 0 Å². The predicted octanol–water partition coefficient (Wildman–Crippen LogP) is 3.41. The Kier molecular flexibility index (Phi) is 4.36. The summed E-state index contributed by atoms with van der Waals surface area (Å²) in [6.07, 6.45) is 2.19. The molecule has 0 amide bonds. The maximum atomic E-state index is 11.6. The molecular formula is C14H22O2S. The summed E-state index contributed by atoms with van der Waals surface area (Å²) in [4.78, 5) is 0.428. The third kappa shape index (κ3) is 3.84. The van der Waals surface area contributed by atoms with Crippen LogP contribution in [0.3, 0.4) is 0 Å². The topological polar surface area (TPSA) is 34.1 Å². The molecule has 0 spiro atoms. The maximum absolute atomic E-state index is 11.6. The van der Waals surface area contributed by atoms with Crippen molar-refractivity contribution in [3.63, 3.8) is 0 Å². The van der Waals surface area contributed by atoms with Crippen LogP contribution >= 0.6 is 0 Å².